The fraction of sp³-hybridized carbons (Fsp3) is 0.722. The van der Waals surface area contributed by atoms with Crippen molar-refractivity contribution in [1.82, 2.24) is 15.2 Å². The Morgan fingerprint density at radius 3 is 2.61 bits per heavy atom. The van der Waals surface area contributed by atoms with Gasteiger partial charge in [0.25, 0.3) is 0 Å². The summed E-state index contributed by atoms with van der Waals surface area (Å²) in [7, 11) is 2.30. The lowest BCUT2D eigenvalue weighted by Gasteiger charge is -2.37. The van der Waals surface area contributed by atoms with E-state index in [-0.39, 0.29) is 12.4 Å². The maximum absolute atomic E-state index is 4.11. The van der Waals surface area contributed by atoms with Gasteiger partial charge in [-0.15, -0.1) is 12.4 Å². The van der Waals surface area contributed by atoms with Gasteiger partial charge >= 0.3 is 0 Å². The van der Waals surface area contributed by atoms with Crippen molar-refractivity contribution in [3.05, 3.63) is 24.5 Å². The first-order chi connectivity index (χ1) is 10.6. The maximum Gasteiger partial charge on any atom is 0.0397 e. The molecule has 0 aromatic carbocycles. The molecule has 0 aliphatic carbocycles. The molecule has 0 saturated carbocycles. The van der Waals surface area contributed by atoms with Crippen molar-refractivity contribution in [2.24, 2.45) is 11.3 Å². The third kappa shape index (κ3) is 5.07. The minimum Gasteiger partial charge on any atom is -0.371 e. The second kappa shape index (κ2) is 8.32. The quantitative estimate of drug-likeness (QED) is 0.894. The van der Waals surface area contributed by atoms with E-state index in [2.05, 4.69) is 46.2 Å². The second-order valence-electron chi connectivity index (χ2n) is 7.57. The first-order valence-electron chi connectivity index (χ1n) is 8.69. The molecule has 2 fully saturated rings. The zero-order valence-electron chi connectivity index (χ0n) is 14.5. The third-order valence-electron chi connectivity index (χ3n) is 5.32. The first-order valence-corrected chi connectivity index (χ1v) is 8.69. The summed E-state index contributed by atoms with van der Waals surface area (Å²) in [5.74, 6) is 0.848. The number of halogens is 1. The van der Waals surface area contributed by atoms with E-state index in [1.54, 1.807) is 0 Å². The summed E-state index contributed by atoms with van der Waals surface area (Å²) in [6.07, 6.45) is 7.72. The summed E-state index contributed by atoms with van der Waals surface area (Å²) in [4.78, 5) is 9.18. The highest BCUT2D eigenvalue weighted by atomic mass is 35.5. The summed E-state index contributed by atoms with van der Waals surface area (Å²) in [5, 5.41) is 3.51. The van der Waals surface area contributed by atoms with Gasteiger partial charge in [-0.05, 0) is 56.3 Å². The van der Waals surface area contributed by atoms with Gasteiger partial charge in [0.15, 0.2) is 0 Å². The van der Waals surface area contributed by atoms with Crippen LogP contribution < -0.4 is 10.2 Å². The van der Waals surface area contributed by atoms with E-state index in [9.17, 15) is 0 Å². The van der Waals surface area contributed by atoms with E-state index in [4.69, 9.17) is 0 Å². The molecule has 0 amide bonds. The molecule has 1 aromatic rings. The Morgan fingerprint density at radius 1 is 1.30 bits per heavy atom. The number of aromatic nitrogens is 1. The topological polar surface area (TPSA) is 31.4 Å². The van der Waals surface area contributed by atoms with Crippen LogP contribution in [0.15, 0.2) is 24.5 Å². The van der Waals surface area contributed by atoms with Gasteiger partial charge < -0.3 is 15.1 Å². The molecule has 1 unspecified atom stereocenters. The molecule has 0 bridgehead atoms. The Kier molecular flexibility index (Phi) is 6.69. The summed E-state index contributed by atoms with van der Waals surface area (Å²) >= 11 is 0. The molecule has 2 saturated heterocycles. The van der Waals surface area contributed by atoms with E-state index >= 15 is 0 Å². The van der Waals surface area contributed by atoms with Gasteiger partial charge in [0, 0.05) is 50.8 Å². The minimum absolute atomic E-state index is 0. The fourth-order valence-electron chi connectivity index (χ4n) is 4.09. The Hall–Kier alpha value is -0.840. The molecule has 5 heteroatoms. The molecular weight excluding hydrogens is 308 g/mol. The fourth-order valence-corrected chi connectivity index (χ4v) is 4.09. The highest BCUT2D eigenvalue weighted by Gasteiger charge is 2.30. The molecule has 3 heterocycles. The molecule has 1 N–H and O–H groups in total. The Balaban J connectivity index is 0.00000192. The lowest BCUT2D eigenvalue weighted by atomic mass is 9.88. The normalized spacial score (nSPS) is 25.6. The number of hydrogen-bond acceptors (Lipinski definition) is 4. The van der Waals surface area contributed by atoms with Crippen LogP contribution in [0.1, 0.15) is 26.2 Å². The van der Waals surface area contributed by atoms with Gasteiger partial charge in [-0.2, -0.15) is 0 Å². The lowest BCUT2D eigenvalue weighted by Crippen LogP contribution is -2.41. The largest absolute Gasteiger partial charge is 0.371 e. The average Bonchev–Trinajstić information content (AvgIpc) is 2.95. The molecular formula is C18H31ClN4. The molecule has 1 aromatic heterocycles. The molecule has 0 spiro atoms. The number of nitrogens with one attached hydrogen (secondary N) is 1. The number of anilines is 1. The van der Waals surface area contributed by atoms with E-state index in [0.717, 1.165) is 5.92 Å². The number of rotatable bonds is 5. The van der Waals surface area contributed by atoms with Crippen molar-refractivity contribution < 1.29 is 0 Å². The molecule has 2 aliphatic heterocycles. The van der Waals surface area contributed by atoms with Crippen LogP contribution in [-0.4, -0.2) is 56.2 Å². The molecule has 130 valence electrons. The zero-order chi connectivity index (χ0) is 15.4. The predicted molar refractivity (Wildman–Crippen MR) is 99.5 cm³/mol. The standard InChI is InChI=1S/C18H30N4.ClH/c1-18(7-10-20-14-18)15-21(2)13-16-5-11-22(12-6-16)17-3-8-19-9-4-17;/h3-4,8-9,16,20H,5-7,10-15H2,1-2H3;1H. The van der Waals surface area contributed by atoms with Crippen LogP contribution in [0.3, 0.4) is 0 Å². The van der Waals surface area contributed by atoms with Crippen molar-refractivity contribution in [2.75, 3.05) is 51.2 Å². The Labute approximate surface area is 147 Å². The molecule has 0 radical (unpaired) electrons. The van der Waals surface area contributed by atoms with Gasteiger partial charge in [-0.3, -0.25) is 4.98 Å². The van der Waals surface area contributed by atoms with Crippen molar-refractivity contribution in [3.8, 4) is 0 Å². The van der Waals surface area contributed by atoms with E-state index in [1.807, 2.05) is 12.4 Å². The van der Waals surface area contributed by atoms with E-state index in [1.165, 1.54) is 64.2 Å². The molecule has 23 heavy (non-hydrogen) atoms. The van der Waals surface area contributed by atoms with Crippen molar-refractivity contribution in [2.45, 2.75) is 26.2 Å². The minimum atomic E-state index is 0. The van der Waals surface area contributed by atoms with Gasteiger partial charge in [0.05, 0.1) is 0 Å². The van der Waals surface area contributed by atoms with Crippen LogP contribution >= 0.6 is 12.4 Å². The summed E-state index contributed by atoms with van der Waals surface area (Å²) in [6, 6.07) is 4.25. The SMILES string of the molecule is CN(CC1CCN(c2ccncc2)CC1)CC1(C)CCNC1.Cl. The first kappa shape index (κ1) is 18.5. The maximum atomic E-state index is 4.11. The zero-order valence-corrected chi connectivity index (χ0v) is 15.3. The van der Waals surface area contributed by atoms with Gasteiger partial charge in [-0.25, -0.2) is 0 Å². The highest BCUT2D eigenvalue weighted by molar-refractivity contribution is 5.85. The van der Waals surface area contributed by atoms with Crippen LogP contribution in [0.5, 0.6) is 0 Å². The van der Waals surface area contributed by atoms with E-state index in [0.29, 0.717) is 5.41 Å². The van der Waals surface area contributed by atoms with E-state index < -0.39 is 0 Å². The number of pyridine rings is 1. The Bertz CT molecular complexity index is 453. The number of hydrogen-bond donors (Lipinski definition) is 1. The van der Waals surface area contributed by atoms with Crippen LogP contribution in [0.25, 0.3) is 0 Å². The molecule has 1 atom stereocenters. The number of nitrogens with zero attached hydrogens (tertiary/aromatic N) is 3. The van der Waals surface area contributed by atoms with Gasteiger partial charge in [-0.1, -0.05) is 6.92 Å². The number of piperidine rings is 1. The average molecular weight is 339 g/mol. The molecule has 3 rings (SSSR count). The summed E-state index contributed by atoms with van der Waals surface area (Å²) in [6.45, 7) is 9.63. The lowest BCUT2D eigenvalue weighted by molar-refractivity contribution is 0.175. The monoisotopic (exact) mass is 338 g/mol. The molecule has 2 aliphatic rings. The summed E-state index contributed by atoms with van der Waals surface area (Å²) in [5.41, 5.74) is 1.80. The Morgan fingerprint density at radius 2 is 2.00 bits per heavy atom. The van der Waals surface area contributed by atoms with Crippen molar-refractivity contribution in [1.29, 1.82) is 0 Å². The van der Waals surface area contributed by atoms with Gasteiger partial charge in [0.2, 0.25) is 0 Å². The van der Waals surface area contributed by atoms with Crippen LogP contribution in [0.4, 0.5) is 5.69 Å². The smallest absolute Gasteiger partial charge is 0.0397 e. The van der Waals surface area contributed by atoms with Gasteiger partial charge in [0.1, 0.15) is 0 Å². The van der Waals surface area contributed by atoms with Crippen LogP contribution in [-0.2, 0) is 0 Å². The third-order valence-corrected chi connectivity index (χ3v) is 5.32. The second-order valence-corrected chi connectivity index (χ2v) is 7.57. The predicted octanol–water partition coefficient (Wildman–Crippen LogP) is 2.65. The van der Waals surface area contributed by atoms with Crippen LogP contribution in [0.2, 0.25) is 0 Å². The molecule has 4 nitrogen and oxygen atoms in total. The van der Waals surface area contributed by atoms with Crippen molar-refractivity contribution in [3.63, 3.8) is 0 Å². The summed E-state index contributed by atoms with van der Waals surface area (Å²) < 4.78 is 0. The highest BCUT2D eigenvalue weighted by Crippen LogP contribution is 2.27. The van der Waals surface area contributed by atoms with Crippen molar-refractivity contribution >= 4 is 18.1 Å². The van der Waals surface area contributed by atoms with Crippen LogP contribution in [0, 0.1) is 11.3 Å².